The number of aliphatic hydroxyl groups is 1. The van der Waals surface area contributed by atoms with Crippen molar-refractivity contribution in [1.29, 1.82) is 0 Å². The number of imidazole rings is 1. The summed E-state index contributed by atoms with van der Waals surface area (Å²) in [6, 6.07) is 5.05. The van der Waals surface area contributed by atoms with Crippen molar-refractivity contribution in [3.8, 4) is 0 Å². The molecule has 0 amide bonds. The van der Waals surface area contributed by atoms with Crippen LogP contribution in [0.15, 0.2) is 29.3 Å². The van der Waals surface area contributed by atoms with Gasteiger partial charge in [0, 0.05) is 36.8 Å². The van der Waals surface area contributed by atoms with Gasteiger partial charge in [0.2, 0.25) is 5.95 Å². The fourth-order valence-corrected chi connectivity index (χ4v) is 4.60. The van der Waals surface area contributed by atoms with E-state index in [1.807, 2.05) is 6.92 Å². The van der Waals surface area contributed by atoms with Crippen molar-refractivity contribution in [2.75, 3.05) is 17.7 Å². The van der Waals surface area contributed by atoms with Gasteiger partial charge in [-0.25, -0.2) is 23.4 Å². The number of anilines is 1. The SMILES string of the molecule is Cc1nc(N2CCn3c(nc4ccc(S(C)(=O)=O)cc43)C2C(C)C)ncc1CO. The quantitative estimate of drug-likeness (QED) is 0.697. The third-order valence-corrected chi connectivity index (χ3v) is 6.58. The van der Waals surface area contributed by atoms with E-state index < -0.39 is 9.84 Å². The molecule has 9 heteroatoms. The first kappa shape index (κ1) is 19.8. The van der Waals surface area contributed by atoms with Crippen LogP contribution in [0.2, 0.25) is 0 Å². The molecule has 1 atom stereocenters. The van der Waals surface area contributed by atoms with Crippen molar-refractivity contribution >= 4 is 26.8 Å². The first-order valence-corrected chi connectivity index (χ1v) is 11.5. The van der Waals surface area contributed by atoms with E-state index in [1.165, 1.54) is 6.26 Å². The Bertz CT molecular complexity index is 1190. The van der Waals surface area contributed by atoms with Gasteiger partial charge in [-0.2, -0.15) is 0 Å². The molecular formula is C20H25N5O3S. The molecule has 1 aromatic carbocycles. The fraction of sp³-hybridized carbons (Fsp3) is 0.450. The van der Waals surface area contributed by atoms with Crippen LogP contribution < -0.4 is 4.90 Å². The largest absolute Gasteiger partial charge is 0.392 e. The van der Waals surface area contributed by atoms with Crippen LogP contribution in [0.1, 0.15) is 37.0 Å². The zero-order valence-electron chi connectivity index (χ0n) is 17.0. The Morgan fingerprint density at radius 1 is 1.24 bits per heavy atom. The van der Waals surface area contributed by atoms with Crippen molar-refractivity contribution in [3.05, 3.63) is 41.5 Å². The van der Waals surface area contributed by atoms with E-state index in [1.54, 1.807) is 24.4 Å². The molecule has 154 valence electrons. The predicted octanol–water partition coefficient (Wildman–Crippen LogP) is 2.25. The molecule has 0 bridgehead atoms. The lowest BCUT2D eigenvalue weighted by atomic mass is 10.00. The molecule has 1 unspecified atom stereocenters. The van der Waals surface area contributed by atoms with Gasteiger partial charge in [0.05, 0.1) is 28.6 Å². The highest BCUT2D eigenvalue weighted by Gasteiger charge is 2.34. The third-order valence-electron chi connectivity index (χ3n) is 5.47. The molecule has 0 fully saturated rings. The first-order valence-electron chi connectivity index (χ1n) is 9.61. The molecule has 0 saturated carbocycles. The molecule has 0 spiro atoms. The van der Waals surface area contributed by atoms with Crippen molar-refractivity contribution in [3.63, 3.8) is 0 Å². The van der Waals surface area contributed by atoms with Gasteiger partial charge >= 0.3 is 0 Å². The van der Waals surface area contributed by atoms with E-state index in [9.17, 15) is 13.5 Å². The molecule has 0 aliphatic carbocycles. The Labute approximate surface area is 170 Å². The molecule has 3 aromatic rings. The van der Waals surface area contributed by atoms with Crippen LogP contribution in [0, 0.1) is 12.8 Å². The second kappa shape index (κ2) is 7.07. The highest BCUT2D eigenvalue weighted by molar-refractivity contribution is 7.90. The molecule has 29 heavy (non-hydrogen) atoms. The summed E-state index contributed by atoms with van der Waals surface area (Å²) < 4.78 is 26.1. The number of benzene rings is 1. The number of aryl methyl sites for hydroxylation is 1. The van der Waals surface area contributed by atoms with Crippen LogP contribution in [0.25, 0.3) is 11.0 Å². The molecule has 8 nitrogen and oxygen atoms in total. The van der Waals surface area contributed by atoms with Gasteiger partial charge in [-0.1, -0.05) is 13.8 Å². The number of hydrogen-bond donors (Lipinski definition) is 1. The summed E-state index contributed by atoms with van der Waals surface area (Å²) in [7, 11) is -3.29. The summed E-state index contributed by atoms with van der Waals surface area (Å²) in [5, 5.41) is 9.40. The number of nitrogens with zero attached hydrogens (tertiary/aromatic N) is 5. The van der Waals surface area contributed by atoms with Crippen LogP contribution in [-0.4, -0.2) is 45.8 Å². The maximum Gasteiger partial charge on any atom is 0.226 e. The molecule has 0 radical (unpaired) electrons. The molecule has 1 aliphatic rings. The highest BCUT2D eigenvalue weighted by Crippen LogP contribution is 2.36. The van der Waals surface area contributed by atoms with Gasteiger partial charge in [0.25, 0.3) is 0 Å². The zero-order valence-corrected chi connectivity index (χ0v) is 17.8. The second-order valence-electron chi connectivity index (χ2n) is 7.87. The van der Waals surface area contributed by atoms with E-state index >= 15 is 0 Å². The highest BCUT2D eigenvalue weighted by atomic mass is 32.2. The summed E-state index contributed by atoms with van der Waals surface area (Å²) in [4.78, 5) is 16.4. The number of sulfone groups is 1. The van der Waals surface area contributed by atoms with Gasteiger partial charge < -0.3 is 14.6 Å². The Balaban J connectivity index is 1.83. The average Bonchev–Trinajstić information content (AvgIpc) is 3.04. The van der Waals surface area contributed by atoms with E-state index in [0.717, 1.165) is 22.6 Å². The van der Waals surface area contributed by atoms with Crippen LogP contribution in [0.4, 0.5) is 5.95 Å². The number of hydrogen-bond acceptors (Lipinski definition) is 7. The zero-order chi connectivity index (χ0) is 20.9. The van der Waals surface area contributed by atoms with Crippen molar-refractivity contribution in [2.24, 2.45) is 5.92 Å². The standard InChI is InChI=1S/C20H25N5O3S/c1-12(2)18-19-23-16-6-5-15(29(4,27)28)9-17(16)24(19)7-8-25(18)20-21-10-14(11-26)13(3)22-20/h5-6,9-10,12,18,26H,7-8,11H2,1-4H3. The fourth-order valence-electron chi connectivity index (χ4n) is 3.95. The topological polar surface area (TPSA) is 101 Å². The van der Waals surface area contributed by atoms with E-state index in [-0.39, 0.29) is 18.6 Å². The summed E-state index contributed by atoms with van der Waals surface area (Å²) >= 11 is 0. The van der Waals surface area contributed by atoms with E-state index in [2.05, 4.69) is 33.3 Å². The first-order chi connectivity index (χ1) is 13.7. The van der Waals surface area contributed by atoms with Crippen molar-refractivity contribution < 1.29 is 13.5 Å². The molecule has 2 aromatic heterocycles. The lowest BCUT2D eigenvalue weighted by molar-refractivity contribution is 0.280. The Kier molecular flexibility index (Phi) is 4.82. The van der Waals surface area contributed by atoms with Gasteiger partial charge in [-0.05, 0) is 31.0 Å². The molecule has 3 heterocycles. The van der Waals surface area contributed by atoms with Crippen LogP contribution in [-0.2, 0) is 23.0 Å². The minimum absolute atomic E-state index is 0.0442. The van der Waals surface area contributed by atoms with Crippen molar-refractivity contribution in [2.45, 2.75) is 44.9 Å². The number of aliphatic hydroxyl groups excluding tert-OH is 1. The second-order valence-corrected chi connectivity index (χ2v) is 9.88. The Hall–Kier alpha value is -2.52. The van der Waals surface area contributed by atoms with Crippen LogP contribution >= 0.6 is 0 Å². The summed E-state index contributed by atoms with van der Waals surface area (Å²) in [6.45, 7) is 7.38. The minimum Gasteiger partial charge on any atom is -0.392 e. The smallest absolute Gasteiger partial charge is 0.226 e. The van der Waals surface area contributed by atoms with Crippen LogP contribution in [0.5, 0.6) is 0 Å². The third kappa shape index (κ3) is 3.38. The lowest BCUT2D eigenvalue weighted by Crippen LogP contribution is -2.42. The number of aromatic nitrogens is 4. The molecule has 4 rings (SSSR count). The Morgan fingerprint density at radius 3 is 2.62 bits per heavy atom. The maximum atomic E-state index is 12.0. The van der Waals surface area contributed by atoms with Gasteiger partial charge in [-0.3, -0.25) is 0 Å². The summed E-state index contributed by atoms with van der Waals surface area (Å²) in [6.07, 6.45) is 2.89. The summed E-state index contributed by atoms with van der Waals surface area (Å²) in [5.74, 6) is 1.74. The minimum atomic E-state index is -3.29. The van der Waals surface area contributed by atoms with Crippen molar-refractivity contribution in [1.82, 2.24) is 19.5 Å². The molecular weight excluding hydrogens is 390 g/mol. The lowest BCUT2D eigenvalue weighted by Gasteiger charge is -2.38. The van der Waals surface area contributed by atoms with Gasteiger partial charge in [-0.15, -0.1) is 0 Å². The Morgan fingerprint density at radius 2 is 2.00 bits per heavy atom. The van der Waals surface area contributed by atoms with E-state index in [4.69, 9.17) is 4.98 Å². The molecule has 0 saturated heterocycles. The normalized spacial score (nSPS) is 17.2. The monoisotopic (exact) mass is 415 g/mol. The summed E-state index contributed by atoms with van der Waals surface area (Å²) in [5.41, 5.74) is 3.10. The maximum absolute atomic E-state index is 12.0. The number of rotatable bonds is 4. The van der Waals surface area contributed by atoms with Gasteiger partial charge in [0.1, 0.15) is 5.82 Å². The predicted molar refractivity (Wildman–Crippen MR) is 110 cm³/mol. The van der Waals surface area contributed by atoms with Crippen LogP contribution in [0.3, 0.4) is 0 Å². The number of fused-ring (bicyclic) bond motifs is 3. The van der Waals surface area contributed by atoms with E-state index in [0.29, 0.717) is 29.5 Å². The van der Waals surface area contributed by atoms with Gasteiger partial charge in [0.15, 0.2) is 9.84 Å². The molecule has 1 aliphatic heterocycles. The average molecular weight is 416 g/mol. The molecule has 1 N–H and O–H groups in total.